The number of rotatable bonds is 0. The highest BCUT2D eigenvalue weighted by Crippen LogP contribution is 2.42. The molecule has 1 aromatic rings. The number of ether oxygens (including phenoxy) is 1. The van der Waals surface area contributed by atoms with E-state index < -0.39 is 5.78 Å². The molecule has 4 nitrogen and oxygen atoms in total. The zero-order valence-electron chi connectivity index (χ0n) is 9.58. The molecule has 0 aromatic heterocycles. The Morgan fingerprint density at radius 3 is 2.63 bits per heavy atom. The number of thioether (sulfide) groups is 2. The molecule has 0 fully saturated rings. The van der Waals surface area contributed by atoms with Crippen LogP contribution in [-0.4, -0.2) is 23.3 Å². The van der Waals surface area contributed by atoms with E-state index in [9.17, 15) is 14.7 Å². The second-order valence-electron chi connectivity index (χ2n) is 3.89. The van der Waals surface area contributed by atoms with Gasteiger partial charge < -0.3 is 9.84 Å². The van der Waals surface area contributed by atoms with Gasteiger partial charge in [-0.15, -0.1) is 0 Å². The van der Waals surface area contributed by atoms with Crippen molar-refractivity contribution >= 4 is 35.1 Å². The average molecular weight is 292 g/mol. The van der Waals surface area contributed by atoms with E-state index in [0.29, 0.717) is 9.99 Å². The van der Waals surface area contributed by atoms with E-state index in [2.05, 4.69) is 0 Å². The van der Waals surface area contributed by atoms with Gasteiger partial charge in [-0.1, -0.05) is 23.5 Å². The van der Waals surface area contributed by atoms with Gasteiger partial charge in [0.2, 0.25) is 11.6 Å². The summed E-state index contributed by atoms with van der Waals surface area (Å²) in [5.41, 5.74) is 0.366. The number of aromatic hydroxyl groups is 1. The number of hydrogen-bond donors (Lipinski definition) is 1. The number of carbonyl (C=O) groups excluding carboxylic acids is 2. The summed E-state index contributed by atoms with van der Waals surface area (Å²) in [7, 11) is 0. The largest absolute Gasteiger partial charge is 0.508 e. The molecule has 6 heteroatoms. The Morgan fingerprint density at radius 2 is 1.89 bits per heavy atom. The van der Waals surface area contributed by atoms with Crippen LogP contribution in [0, 0.1) is 0 Å². The molecular weight excluding hydrogens is 284 g/mol. The lowest BCUT2D eigenvalue weighted by Crippen LogP contribution is -2.16. The van der Waals surface area contributed by atoms with Crippen LogP contribution < -0.4 is 4.74 Å². The number of carbonyl (C=O) groups is 2. The van der Waals surface area contributed by atoms with Crippen molar-refractivity contribution in [2.24, 2.45) is 0 Å². The molecule has 0 radical (unpaired) electrons. The van der Waals surface area contributed by atoms with Crippen LogP contribution in [0.5, 0.6) is 11.5 Å². The van der Waals surface area contributed by atoms with Crippen molar-refractivity contribution in [2.75, 3.05) is 6.61 Å². The maximum Gasteiger partial charge on any atom is 0.205 e. The van der Waals surface area contributed by atoms with Gasteiger partial charge >= 0.3 is 0 Å². The molecule has 2 aliphatic rings. The smallest absolute Gasteiger partial charge is 0.205 e. The van der Waals surface area contributed by atoms with Gasteiger partial charge in [0, 0.05) is 0 Å². The molecule has 2 heterocycles. The minimum Gasteiger partial charge on any atom is -0.508 e. The lowest BCUT2D eigenvalue weighted by atomic mass is 10.0. The third-order valence-electron chi connectivity index (χ3n) is 2.68. The average Bonchev–Trinajstić information content (AvgIpc) is 2.87. The summed E-state index contributed by atoms with van der Waals surface area (Å²) in [5.74, 6) is -0.432. The van der Waals surface area contributed by atoms with E-state index in [4.69, 9.17) is 4.74 Å². The Balaban J connectivity index is 2.15. The number of ketones is 2. The van der Waals surface area contributed by atoms with E-state index in [1.165, 1.54) is 41.7 Å². The highest BCUT2D eigenvalue weighted by atomic mass is 32.2. The fourth-order valence-corrected chi connectivity index (χ4v) is 3.73. The predicted octanol–water partition coefficient (Wildman–Crippen LogP) is 2.70. The Bertz CT molecular complexity index is 636. The van der Waals surface area contributed by atoms with Crippen molar-refractivity contribution in [3.05, 3.63) is 44.4 Å². The van der Waals surface area contributed by atoms with Crippen LogP contribution in [0.1, 0.15) is 10.4 Å². The summed E-state index contributed by atoms with van der Waals surface area (Å²) in [6.45, 7) is -0.163. The summed E-state index contributed by atoms with van der Waals surface area (Å²) < 4.78 is 5.98. The summed E-state index contributed by atoms with van der Waals surface area (Å²) in [6.07, 6.45) is 0. The molecule has 96 valence electrons. The molecule has 0 bridgehead atoms. The van der Waals surface area contributed by atoms with Gasteiger partial charge in [-0.2, -0.15) is 0 Å². The van der Waals surface area contributed by atoms with Crippen LogP contribution in [0.3, 0.4) is 0 Å². The van der Waals surface area contributed by atoms with Crippen LogP contribution in [-0.2, 0) is 4.79 Å². The Labute approximate surface area is 117 Å². The van der Waals surface area contributed by atoms with Gasteiger partial charge in [0.1, 0.15) is 11.5 Å². The van der Waals surface area contributed by atoms with Gasteiger partial charge in [-0.05, 0) is 29.0 Å². The second kappa shape index (κ2) is 4.79. The number of phenolic OH excluding ortho intramolecular Hbond substituents is 1. The van der Waals surface area contributed by atoms with Crippen molar-refractivity contribution in [1.29, 1.82) is 0 Å². The van der Waals surface area contributed by atoms with E-state index >= 15 is 0 Å². The molecule has 0 unspecified atom stereocenters. The molecule has 1 N–H and O–H groups in total. The van der Waals surface area contributed by atoms with Gasteiger partial charge in [-0.25, -0.2) is 0 Å². The monoisotopic (exact) mass is 292 g/mol. The Kier molecular flexibility index (Phi) is 3.12. The van der Waals surface area contributed by atoms with Crippen molar-refractivity contribution in [1.82, 2.24) is 0 Å². The number of benzene rings is 1. The quantitative estimate of drug-likeness (QED) is 0.586. The van der Waals surface area contributed by atoms with Gasteiger partial charge in [-0.3, -0.25) is 9.59 Å². The molecule has 0 atom stereocenters. The maximum atomic E-state index is 12.5. The molecular formula is C13H8O4S2. The van der Waals surface area contributed by atoms with Crippen molar-refractivity contribution in [3.63, 3.8) is 0 Å². The van der Waals surface area contributed by atoms with E-state index in [-0.39, 0.29) is 29.3 Å². The fraction of sp³-hybridized carbons (Fsp3) is 0.0769. The second-order valence-corrected chi connectivity index (χ2v) is 5.98. The topological polar surface area (TPSA) is 63.6 Å². The van der Waals surface area contributed by atoms with Crippen molar-refractivity contribution in [2.45, 2.75) is 0 Å². The van der Waals surface area contributed by atoms with Crippen LogP contribution in [0.15, 0.2) is 38.8 Å². The third-order valence-corrected chi connectivity index (χ3v) is 4.81. The molecule has 0 amide bonds. The Morgan fingerprint density at radius 1 is 1.16 bits per heavy atom. The first-order valence-electron chi connectivity index (χ1n) is 5.43. The highest BCUT2D eigenvalue weighted by molar-refractivity contribution is 8.27. The number of Topliss-reactive ketones (excluding diaryl/α,β-unsaturated/α-hetero) is 2. The standard InChI is InChI=1S/C13H8O4S2/c14-7-1-2-10-8(5-7)12(16)11(9(15)6-17-10)13-18-3-4-19-13/h1-5,14H,6H2. The first-order valence-corrected chi connectivity index (χ1v) is 7.19. The first-order chi connectivity index (χ1) is 9.16. The van der Waals surface area contributed by atoms with E-state index in [1.54, 1.807) is 0 Å². The molecule has 2 aliphatic heterocycles. The minimum absolute atomic E-state index is 0.0285. The van der Waals surface area contributed by atoms with Gasteiger partial charge in [0.05, 0.1) is 15.4 Å². The predicted molar refractivity (Wildman–Crippen MR) is 74.3 cm³/mol. The summed E-state index contributed by atoms with van der Waals surface area (Å²) in [5, 5.41) is 13.1. The summed E-state index contributed by atoms with van der Waals surface area (Å²) in [6, 6.07) is 4.25. The summed E-state index contributed by atoms with van der Waals surface area (Å²) in [4.78, 5) is 24.5. The summed E-state index contributed by atoms with van der Waals surface area (Å²) >= 11 is 2.69. The third kappa shape index (κ3) is 2.17. The zero-order chi connectivity index (χ0) is 13.4. The van der Waals surface area contributed by atoms with Crippen LogP contribution in [0.25, 0.3) is 0 Å². The molecule has 0 spiro atoms. The first kappa shape index (κ1) is 12.4. The zero-order valence-corrected chi connectivity index (χ0v) is 11.2. The van der Waals surface area contributed by atoms with Crippen LogP contribution in [0.4, 0.5) is 0 Å². The van der Waals surface area contributed by atoms with Crippen LogP contribution >= 0.6 is 23.5 Å². The number of fused-ring (bicyclic) bond motifs is 1. The van der Waals surface area contributed by atoms with E-state index in [1.807, 2.05) is 10.8 Å². The normalized spacial score (nSPS) is 18.3. The fourth-order valence-electron chi connectivity index (χ4n) is 1.83. The molecule has 19 heavy (non-hydrogen) atoms. The molecule has 3 rings (SSSR count). The lowest BCUT2D eigenvalue weighted by Gasteiger charge is -2.05. The molecule has 0 aliphatic carbocycles. The van der Waals surface area contributed by atoms with Crippen molar-refractivity contribution in [3.8, 4) is 11.5 Å². The lowest BCUT2D eigenvalue weighted by molar-refractivity contribution is -0.116. The van der Waals surface area contributed by atoms with Gasteiger partial charge in [0.25, 0.3) is 0 Å². The number of phenols is 1. The maximum absolute atomic E-state index is 12.5. The minimum atomic E-state index is -0.396. The van der Waals surface area contributed by atoms with Crippen molar-refractivity contribution < 1.29 is 19.4 Å². The molecule has 1 aromatic carbocycles. The van der Waals surface area contributed by atoms with Gasteiger partial charge in [0.15, 0.2) is 6.61 Å². The Hall–Kier alpha value is -1.66. The number of hydrogen-bond acceptors (Lipinski definition) is 6. The van der Waals surface area contributed by atoms with E-state index in [0.717, 1.165) is 0 Å². The van der Waals surface area contributed by atoms with Crippen LogP contribution in [0.2, 0.25) is 0 Å². The molecule has 0 saturated heterocycles. The molecule has 0 saturated carbocycles. The SMILES string of the molecule is O=C1COc2ccc(O)cc2C(=O)C1=C1SC=CS1. The highest BCUT2D eigenvalue weighted by Gasteiger charge is 2.31.